The second-order valence-electron chi connectivity index (χ2n) is 5.82. The van der Waals surface area contributed by atoms with Gasteiger partial charge in [-0.15, -0.1) is 0 Å². The van der Waals surface area contributed by atoms with Crippen LogP contribution in [0.1, 0.15) is 26.2 Å². The van der Waals surface area contributed by atoms with Crippen LogP contribution in [-0.4, -0.2) is 62.6 Å². The molecule has 0 saturated carbocycles. The average molecular weight is 316 g/mol. The Morgan fingerprint density at radius 2 is 1.95 bits per heavy atom. The van der Waals surface area contributed by atoms with Gasteiger partial charge in [-0.25, -0.2) is 4.98 Å². The summed E-state index contributed by atoms with van der Waals surface area (Å²) in [4.78, 5) is 19.6. The van der Waals surface area contributed by atoms with E-state index in [1.165, 1.54) is 12.4 Å². The van der Waals surface area contributed by atoms with Gasteiger partial charge in [0, 0.05) is 38.6 Å². The number of carbonyl (C=O) groups is 1. The Kier molecular flexibility index (Phi) is 5.47. The number of aliphatic hydroxyl groups excluding tert-OH is 1. The molecule has 22 heavy (non-hydrogen) atoms. The van der Waals surface area contributed by atoms with Crippen LogP contribution in [0.4, 0.5) is 8.78 Å². The Hall–Kier alpha value is -1.54. The van der Waals surface area contributed by atoms with Crippen molar-refractivity contribution in [3.63, 3.8) is 0 Å². The number of imidazole rings is 1. The number of amides is 1. The van der Waals surface area contributed by atoms with Gasteiger partial charge < -0.3 is 10.0 Å². The minimum Gasteiger partial charge on any atom is -0.383 e. The first-order valence-electron chi connectivity index (χ1n) is 7.39. The lowest BCUT2D eigenvalue weighted by Crippen LogP contribution is -2.52. The average Bonchev–Trinajstić information content (AvgIpc) is 2.94. The van der Waals surface area contributed by atoms with E-state index < -0.39 is 12.7 Å². The second-order valence-corrected chi connectivity index (χ2v) is 5.82. The predicted octanol–water partition coefficient (Wildman–Crippen LogP) is 0.939. The van der Waals surface area contributed by atoms with Gasteiger partial charge in [0.2, 0.25) is 0 Å². The van der Waals surface area contributed by atoms with Crippen LogP contribution in [0, 0.1) is 5.92 Å². The molecule has 1 N–H and O–H groups in total. The molecule has 1 aliphatic heterocycles. The standard InChI is InChI=1S/C14H22F2N4O2/c1-10(2)12(21)13(22)19-7-5-18(6-8-19)9-11-17-3-4-20(11)14(15)16/h3-4,10,12,14,21H,5-9H2,1-2H3/t12-/m0/s1. The first kappa shape index (κ1) is 16.8. The monoisotopic (exact) mass is 316 g/mol. The molecule has 0 unspecified atom stereocenters. The lowest BCUT2D eigenvalue weighted by Gasteiger charge is -2.36. The molecule has 1 aromatic heterocycles. The van der Waals surface area contributed by atoms with Gasteiger partial charge >= 0.3 is 6.55 Å². The fraction of sp³-hybridized carbons (Fsp3) is 0.714. The van der Waals surface area contributed by atoms with Gasteiger partial charge in [-0.05, 0) is 5.92 Å². The fourth-order valence-corrected chi connectivity index (χ4v) is 2.44. The van der Waals surface area contributed by atoms with Crippen molar-refractivity contribution < 1.29 is 18.7 Å². The van der Waals surface area contributed by atoms with E-state index >= 15 is 0 Å². The summed E-state index contributed by atoms with van der Waals surface area (Å²) in [6.07, 6.45) is 1.64. The Bertz CT molecular complexity index is 499. The number of piperazine rings is 1. The van der Waals surface area contributed by atoms with E-state index in [4.69, 9.17) is 0 Å². The maximum atomic E-state index is 12.8. The Balaban J connectivity index is 1.87. The number of rotatable bonds is 5. The smallest absolute Gasteiger partial charge is 0.319 e. The number of carbonyl (C=O) groups excluding carboxylic acids is 1. The molecule has 0 radical (unpaired) electrons. The molecule has 1 aliphatic rings. The van der Waals surface area contributed by atoms with E-state index in [1.54, 1.807) is 18.7 Å². The number of aromatic nitrogens is 2. The maximum absolute atomic E-state index is 12.8. The summed E-state index contributed by atoms with van der Waals surface area (Å²) >= 11 is 0. The van der Waals surface area contributed by atoms with E-state index in [9.17, 15) is 18.7 Å². The topological polar surface area (TPSA) is 61.6 Å². The van der Waals surface area contributed by atoms with Crippen LogP contribution in [0.2, 0.25) is 0 Å². The predicted molar refractivity (Wildman–Crippen MR) is 76.2 cm³/mol. The summed E-state index contributed by atoms with van der Waals surface area (Å²) in [5.74, 6) is -0.0650. The summed E-state index contributed by atoms with van der Waals surface area (Å²) in [6, 6.07) is 0. The van der Waals surface area contributed by atoms with Gasteiger partial charge in [0.15, 0.2) is 0 Å². The molecule has 6 nitrogen and oxygen atoms in total. The fourth-order valence-electron chi connectivity index (χ4n) is 2.44. The van der Waals surface area contributed by atoms with E-state index in [0.717, 1.165) is 4.57 Å². The zero-order chi connectivity index (χ0) is 16.3. The molecule has 0 aromatic carbocycles. The van der Waals surface area contributed by atoms with Gasteiger partial charge in [0.25, 0.3) is 5.91 Å². The summed E-state index contributed by atoms with van der Waals surface area (Å²) in [6.45, 7) is 3.44. The number of aliphatic hydroxyl groups is 1. The second kappa shape index (κ2) is 7.15. The lowest BCUT2D eigenvalue weighted by atomic mass is 10.1. The Morgan fingerprint density at radius 3 is 2.50 bits per heavy atom. The highest BCUT2D eigenvalue weighted by Gasteiger charge is 2.28. The third-order valence-corrected chi connectivity index (χ3v) is 3.89. The summed E-state index contributed by atoms with van der Waals surface area (Å²) in [5.41, 5.74) is 0. The largest absolute Gasteiger partial charge is 0.383 e. The van der Waals surface area contributed by atoms with Gasteiger partial charge in [0.1, 0.15) is 11.9 Å². The van der Waals surface area contributed by atoms with Crippen LogP contribution in [0.15, 0.2) is 12.4 Å². The van der Waals surface area contributed by atoms with Crippen molar-refractivity contribution in [3.05, 3.63) is 18.2 Å². The van der Waals surface area contributed by atoms with Crippen LogP contribution in [-0.2, 0) is 11.3 Å². The molecule has 0 spiro atoms. The summed E-state index contributed by atoms with van der Waals surface area (Å²) in [5, 5.41) is 9.82. The van der Waals surface area contributed by atoms with E-state index in [2.05, 4.69) is 4.98 Å². The van der Waals surface area contributed by atoms with Crippen molar-refractivity contribution in [1.29, 1.82) is 0 Å². The van der Waals surface area contributed by atoms with Gasteiger partial charge in [-0.3, -0.25) is 14.3 Å². The molecule has 1 fully saturated rings. The Morgan fingerprint density at radius 1 is 1.32 bits per heavy atom. The van der Waals surface area contributed by atoms with Crippen LogP contribution >= 0.6 is 0 Å². The number of hydrogen-bond acceptors (Lipinski definition) is 4. The molecule has 1 amide bonds. The number of halogens is 2. The van der Waals surface area contributed by atoms with Crippen LogP contribution < -0.4 is 0 Å². The third kappa shape index (κ3) is 3.80. The SMILES string of the molecule is CC(C)[C@H](O)C(=O)N1CCN(Cc2nccn2C(F)F)CC1. The third-order valence-electron chi connectivity index (χ3n) is 3.89. The Labute approximate surface area is 128 Å². The van der Waals surface area contributed by atoms with Crippen molar-refractivity contribution in [2.75, 3.05) is 26.2 Å². The molecule has 2 rings (SSSR count). The van der Waals surface area contributed by atoms with Crippen LogP contribution in [0.3, 0.4) is 0 Å². The van der Waals surface area contributed by atoms with Gasteiger partial charge in [0.05, 0.1) is 6.54 Å². The van der Waals surface area contributed by atoms with Crippen LogP contribution in [0.5, 0.6) is 0 Å². The lowest BCUT2D eigenvalue weighted by molar-refractivity contribution is -0.144. The number of hydrogen-bond donors (Lipinski definition) is 1. The zero-order valence-corrected chi connectivity index (χ0v) is 12.8. The summed E-state index contributed by atoms with van der Waals surface area (Å²) in [7, 11) is 0. The minimum atomic E-state index is -2.60. The van der Waals surface area contributed by atoms with E-state index in [1.807, 2.05) is 4.90 Å². The first-order chi connectivity index (χ1) is 10.4. The molecule has 8 heteroatoms. The highest BCUT2D eigenvalue weighted by molar-refractivity contribution is 5.81. The molecule has 0 aliphatic carbocycles. The van der Waals surface area contributed by atoms with Crippen molar-refractivity contribution >= 4 is 5.91 Å². The number of nitrogens with zero attached hydrogens (tertiary/aromatic N) is 4. The molecule has 124 valence electrons. The number of alkyl halides is 2. The first-order valence-corrected chi connectivity index (χ1v) is 7.39. The molecule has 2 heterocycles. The van der Waals surface area contributed by atoms with Gasteiger partial charge in [-0.1, -0.05) is 13.8 Å². The van der Waals surface area contributed by atoms with Crippen molar-refractivity contribution in [3.8, 4) is 0 Å². The van der Waals surface area contributed by atoms with E-state index in [-0.39, 0.29) is 11.8 Å². The molecule has 0 bridgehead atoms. The molecular weight excluding hydrogens is 294 g/mol. The van der Waals surface area contributed by atoms with Crippen molar-refractivity contribution in [2.45, 2.75) is 33.0 Å². The highest BCUT2D eigenvalue weighted by atomic mass is 19.3. The van der Waals surface area contributed by atoms with Crippen LogP contribution in [0.25, 0.3) is 0 Å². The van der Waals surface area contributed by atoms with Crippen molar-refractivity contribution in [2.24, 2.45) is 5.92 Å². The molecule has 1 saturated heterocycles. The zero-order valence-electron chi connectivity index (χ0n) is 12.8. The van der Waals surface area contributed by atoms with Crippen molar-refractivity contribution in [1.82, 2.24) is 19.4 Å². The maximum Gasteiger partial charge on any atom is 0.319 e. The normalized spacial score (nSPS) is 18.2. The molecule has 1 atom stereocenters. The quantitative estimate of drug-likeness (QED) is 0.878. The molecular formula is C14H22F2N4O2. The molecule has 1 aromatic rings. The minimum absolute atomic E-state index is 0.121. The van der Waals surface area contributed by atoms with E-state index in [0.29, 0.717) is 38.5 Å². The van der Waals surface area contributed by atoms with Gasteiger partial charge in [-0.2, -0.15) is 8.78 Å². The summed E-state index contributed by atoms with van der Waals surface area (Å²) < 4.78 is 26.4. The highest BCUT2D eigenvalue weighted by Crippen LogP contribution is 2.15.